The van der Waals surface area contributed by atoms with Gasteiger partial charge in [0, 0.05) is 24.6 Å². The van der Waals surface area contributed by atoms with Crippen LogP contribution < -0.4 is 21.5 Å². The molecular formula is C14H18N4O3. The third-order valence-corrected chi connectivity index (χ3v) is 2.64. The van der Waals surface area contributed by atoms with Crippen molar-refractivity contribution in [2.45, 2.75) is 13.3 Å². The zero-order valence-corrected chi connectivity index (χ0v) is 11.6. The number of ether oxygens (including phenoxy) is 2. The summed E-state index contributed by atoms with van der Waals surface area (Å²) in [6.45, 7) is 2.12. The smallest absolute Gasteiger partial charge is 0.235 e. The van der Waals surface area contributed by atoms with Crippen LogP contribution in [-0.4, -0.2) is 23.1 Å². The maximum atomic E-state index is 9.67. The van der Waals surface area contributed by atoms with Gasteiger partial charge in [-0.25, -0.2) is 4.98 Å². The van der Waals surface area contributed by atoms with E-state index in [1.807, 2.05) is 0 Å². The molecule has 0 aliphatic rings. The fourth-order valence-corrected chi connectivity index (χ4v) is 1.68. The molecule has 0 amide bonds. The highest BCUT2D eigenvalue weighted by Gasteiger charge is 2.13. The van der Waals surface area contributed by atoms with Crippen molar-refractivity contribution >= 4 is 17.2 Å². The Hall–Kier alpha value is -2.51. The van der Waals surface area contributed by atoms with E-state index in [-0.39, 0.29) is 5.82 Å². The van der Waals surface area contributed by atoms with Crippen LogP contribution in [-0.2, 0) is 4.74 Å². The fourth-order valence-electron chi connectivity index (χ4n) is 1.68. The van der Waals surface area contributed by atoms with Gasteiger partial charge in [0.1, 0.15) is 11.4 Å². The maximum absolute atomic E-state index is 9.67. The lowest BCUT2D eigenvalue weighted by Crippen LogP contribution is -2.23. The van der Waals surface area contributed by atoms with Gasteiger partial charge in [-0.3, -0.25) is 0 Å². The molecule has 0 aliphatic carbocycles. The number of aliphatic hydroxyl groups is 1. The largest absolute Gasteiger partial charge is 0.455 e. The molecule has 112 valence electrons. The number of hydrogen-bond donors (Lipinski definition) is 4. The Kier molecular flexibility index (Phi) is 4.81. The standard InChI is InChI=1S/C14H18N4O3/c1-2-20-14(19)18-12-11(7-8-17-13(12)16)21-10-5-3-9(15)4-6-10/h3-8,14,18-19H,2,15H2,1H3,(H2,16,17). The van der Waals surface area contributed by atoms with Gasteiger partial charge in [0.15, 0.2) is 11.6 Å². The van der Waals surface area contributed by atoms with Gasteiger partial charge in [-0.15, -0.1) is 0 Å². The van der Waals surface area contributed by atoms with E-state index >= 15 is 0 Å². The number of rotatable bonds is 6. The number of nitrogens with zero attached hydrogens (tertiary/aromatic N) is 1. The highest BCUT2D eigenvalue weighted by molar-refractivity contribution is 5.70. The van der Waals surface area contributed by atoms with Crippen molar-refractivity contribution < 1.29 is 14.6 Å². The first-order valence-electron chi connectivity index (χ1n) is 6.44. The third-order valence-electron chi connectivity index (χ3n) is 2.64. The summed E-state index contributed by atoms with van der Waals surface area (Å²) >= 11 is 0. The number of anilines is 3. The molecule has 2 aromatic rings. The molecule has 0 spiro atoms. The van der Waals surface area contributed by atoms with Crippen molar-refractivity contribution in [3.8, 4) is 11.5 Å². The number of benzene rings is 1. The van der Waals surface area contributed by atoms with Crippen molar-refractivity contribution in [3.63, 3.8) is 0 Å². The minimum Gasteiger partial charge on any atom is -0.455 e. The average molecular weight is 290 g/mol. The number of hydrogen-bond acceptors (Lipinski definition) is 7. The van der Waals surface area contributed by atoms with E-state index in [0.717, 1.165) is 0 Å². The van der Waals surface area contributed by atoms with E-state index in [2.05, 4.69) is 10.3 Å². The molecule has 0 fully saturated rings. The Labute approximate surface area is 122 Å². The minimum atomic E-state index is -1.20. The van der Waals surface area contributed by atoms with Gasteiger partial charge in [-0.1, -0.05) is 0 Å². The molecule has 1 aromatic heterocycles. The summed E-state index contributed by atoms with van der Waals surface area (Å²) in [6.07, 6.45) is 0.315. The molecule has 0 aliphatic heterocycles. The molecule has 0 saturated carbocycles. The van der Waals surface area contributed by atoms with Crippen LogP contribution in [0.3, 0.4) is 0 Å². The van der Waals surface area contributed by atoms with Gasteiger partial charge in [0.2, 0.25) is 6.41 Å². The Balaban J connectivity index is 2.22. The van der Waals surface area contributed by atoms with Gasteiger partial charge >= 0.3 is 0 Å². The van der Waals surface area contributed by atoms with E-state index in [0.29, 0.717) is 29.5 Å². The van der Waals surface area contributed by atoms with E-state index in [1.54, 1.807) is 37.3 Å². The van der Waals surface area contributed by atoms with Crippen LogP contribution in [0, 0.1) is 0 Å². The third kappa shape index (κ3) is 3.98. The summed E-state index contributed by atoms with van der Waals surface area (Å²) in [5.74, 6) is 1.21. The first kappa shape index (κ1) is 14.9. The summed E-state index contributed by atoms with van der Waals surface area (Å²) in [6, 6.07) is 8.54. The molecule has 7 heteroatoms. The summed E-state index contributed by atoms with van der Waals surface area (Å²) in [4.78, 5) is 3.96. The van der Waals surface area contributed by atoms with Crippen molar-refractivity contribution in [1.82, 2.24) is 4.98 Å². The number of aliphatic hydroxyl groups excluding tert-OH is 1. The monoisotopic (exact) mass is 290 g/mol. The lowest BCUT2D eigenvalue weighted by molar-refractivity contribution is -0.0731. The zero-order chi connectivity index (χ0) is 15.2. The summed E-state index contributed by atoms with van der Waals surface area (Å²) in [5.41, 5.74) is 12.4. The Morgan fingerprint density at radius 1 is 1.24 bits per heavy atom. The molecule has 2 rings (SSSR count). The molecule has 0 saturated heterocycles. The van der Waals surface area contributed by atoms with Crippen LogP contribution in [0.5, 0.6) is 11.5 Å². The zero-order valence-electron chi connectivity index (χ0n) is 11.6. The summed E-state index contributed by atoms with van der Waals surface area (Å²) in [7, 11) is 0. The van der Waals surface area contributed by atoms with Gasteiger partial charge in [0.05, 0.1) is 0 Å². The summed E-state index contributed by atoms with van der Waals surface area (Å²) < 4.78 is 10.7. The van der Waals surface area contributed by atoms with Crippen molar-refractivity contribution in [2.24, 2.45) is 0 Å². The lowest BCUT2D eigenvalue weighted by atomic mass is 10.3. The minimum absolute atomic E-state index is 0.196. The second-order valence-corrected chi connectivity index (χ2v) is 4.19. The van der Waals surface area contributed by atoms with Crippen LogP contribution >= 0.6 is 0 Å². The van der Waals surface area contributed by atoms with Crippen LogP contribution in [0.2, 0.25) is 0 Å². The average Bonchev–Trinajstić information content (AvgIpc) is 2.45. The Bertz CT molecular complexity index is 589. The number of nitrogens with one attached hydrogen (secondary N) is 1. The van der Waals surface area contributed by atoms with Gasteiger partial charge in [0.25, 0.3) is 0 Å². The molecule has 21 heavy (non-hydrogen) atoms. The number of nitrogen functional groups attached to an aromatic ring is 2. The van der Waals surface area contributed by atoms with Crippen LogP contribution in [0.1, 0.15) is 6.92 Å². The second kappa shape index (κ2) is 6.78. The normalized spacial score (nSPS) is 11.9. The van der Waals surface area contributed by atoms with E-state index in [9.17, 15) is 5.11 Å². The molecule has 1 aromatic carbocycles. The molecule has 7 nitrogen and oxygen atoms in total. The highest BCUT2D eigenvalue weighted by atomic mass is 16.6. The number of pyridine rings is 1. The molecular weight excluding hydrogens is 272 g/mol. The first-order valence-corrected chi connectivity index (χ1v) is 6.44. The number of aromatic nitrogens is 1. The van der Waals surface area contributed by atoms with Gasteiger partial charge < -0.3 is 31.4 Å². The van der Waals surface area contributed by atoms with Gasteiger partial charge in [-0.2, -0.15) is 0 Å². The SMILES string of the molecule is CCOC(O)Nc1c(Oc2ccc(N)cc2)ccnc1N. The molecule has 1 unspecified atom stereocenters. The molecule has 6 N–H and O–H groups in total. The van der Waals surface area contributed by atoms with Crippen LogP contribution in [0.4, 0.5) is 17.2 Å². The predicted molar refractivity (Wildman–Crippen MR) is 80.8 cm³/mol. The number of nitrogens with two attached hydrogens (primary N) is 2. The predicted octanol–water partition coefficient (Wildman–Crippen LogP) is 1.76. The van der Waals surface area contributed by atoms with Crippen molar-refractivity contribution in [1.29, 1.82) is 0 Å². The topological polar surface area (TPSA) is 116 Å². The van der Waals surface area contributed by atoms with Crippen molar-refractivity contribution in [3.05, 3.63) is 36.5 Å². The quantitative estimate of drug-likeness (QED) is 0.473. The molecule has 0 radical (unpaired) electrons. The first-order chi connectivity index (χ1) is 10.1. The second-order valence-electron chi connectivity index (χ2n) is 4.19. The van der Waals surface area contributed by atoms with Gasteiger partial charge in [-0.05, 0) is 31.2 Å². The van der Waals surface area contributed by atoms with E-state index in [1.165, 1.54) is 6.20 Å². The molecule has 0 bridgehead atoms. The molecule has 1 atom stereocenters. The lowest BCUT2D eigenvalue weighted by Gasteiger charge is -2.18. The maximum Gasteiger partial charge on any atom is 0.235 e. The Morgan fingerprint density at radius 2 is 1.95 bits per heavy atom. The van der Waals surface area contributed by atoms with E-state index < -0.39 is 6.41 Å². The highest BCUT2D eigenvalue weighted by Crippen LogP contribution is 2.33. The molecule has 1 heterocycles. The van der Waals surface area contributed by atoms with E-state index in [4.69, 9.17) is 20.9 Å². The van der Waals surface area contributed by atoms with Crippen LogP contribution in [0.25, 0.3) is 0 Å². The Morgan fingerprint density at radius 3 is 2.62 bits per heavy atom. The fraction of sp³-hybridized carbons (Fsp3) is 0.214. The summed E-state index contributed by atoms with van der Waals surface area (Å²) in [5, 5.41) is 12.4. The van der Waals surface area contributed by atoms with Crippen LogP contribution in [0.15, 0.2) is 36.5 Å². The van der Waals surface area contributed by atoms with Crippen molar-refractivity contribution in [2.75, 3.05) is 23.4 Å².